The van der Waals surface area contributed by atoms with Crippen molar-refractivity contribution in [2.75, 3.05) is 59.5 Å². The molecule has 34 nitrogen and oxygen atoms in total. The van der Waals surface area contributed by atoms with Crippen LogP contribution in [0.4, 0.5) is 4.79 Å². The summed E-state index contributed by atoms with van der Waals surface area (Å²) < 4.78 is 1.11. The number of aliphatic hydroxyl groups excluding tert-OH is 3. The molecular weight excluding hydrogens is 1390 g/mol. The van der Waals surface area contributed by atoms with E-state index in [2.05, 4.69) is 68.6 Å². The number of rotatable bonds is 29. The van der Waals surface area contributed by atoms with Crippen molar-refractivity contribution in [3.8, 4) is 0 Å². The van der Waals surface area contributed by atoms with Crippen molar-refractivity contribution >= 4 is 106 Å². The average Bonchev–Trinajstić information content (AvgIpc) is 1.62. The van der Waals surface area contributed by atoms with E-state index in [0.717, 1.165) is 9.58 Å². The van der Waals surface area contributed by atoms with Gasteiger partial charge in [0.25, 0.3) is 5.91 Å². The molecule has 0 radical (unpaired) electrons. The summed E-state index contributed by atoms with van der Waals surface area (Å²) >= 11 is 1.27. The Morgan fingerprint density at radius 1 is 0.670 bits per heavy atom. The second-order valence-electron chi connectivity index (χ2n) is 25.6. The van der Waals surface area contributed by atoms with Gasteiger partial charge in [-0.25, -0.2) is 4.79 Å². The van der Waals surface area contributed by atoms with E-state index in [1.165, 1.54) is 32.7 Å². The maximum atomic E-state index is 14.7. The van der Waals surface area contributed by atoms with Crippen LogP contribution in [0, 0.1) is 5.92 Å². The molecule has 11 atom stereocenters. The van der Waals surface area contributed by atoms with E-state index in [1.807, 2.05) is 0 Å². The second-order valence-corrected chi connectivity index (χ2v) is 26.7. The molecule has 2 aromatic heterocycles. The predicted molar refractivity (Wildman–Crippen MR) is 394 cm³/mol. The lowest BCUT2D eigenvalue weighted by atomic mass is 10.00. The number of hydrogen-bond donors (Lipinski definition) is 18. The summed E-state index contributed by atoms with van der Waals surface area (Å²) in [6.07, 6.45) is -0.334. The highest BCUT2D eigenvalue weighted by Crippen LogP contribution is 2.34. The lowest BCUT2D eigenvalue weighted by Crippen LogP contribution is -2.61. The van der Waals surface area contributed by atoms with Gasteiger partial charge in [-0.3, -0.25) is 57.7 Å². The topological polar surface area (TPSA) is 536 Å². The minimum Gasteiger partial charge on any atom is -0.395 e. The van der Waals surface area contributed by atoms with E-state index in [1.54, 1.807) is 123 Å². The number of hydrogen-bond acceptors (Lipinski definition) is 22. The molecule has 6 rings (SSSR count). The van der Waals surface area contributed by atoms with E-state index < -0.39 is 158 Å². The number of fused-ring (bicyclic) bond motifs is 1. The smallest absolute Gasteiger partial charge is 0.345 e. The van der Waals surface area contributed by atoms with Gasteiger partial charge in [-0.15, -0.1) is 0 Å². The van der Waals surface area contributed by atoms with Gasteiger partial charge in [-0.1, -0.05) is 74.1 Å². The minimum atomic E-state index is -1.78. The van der Waals surface area contributed by atoms with Crippen LogP contribution >= 0.6 is 11.8 Å². The van der Waals surface area contributed by atoms with Gasteiger partial charge in [-0.05, 0) is 145 Å². The predicted octanol–water partition coefficient (Wildman–Crippen LogP) is -2.91. The van der Waals surface area contributed by atoms with E-state index in [9.17, 15) is 72.9 Å². The average molecular weight is 1490 g/mol. The molecule has 3 aromatic carbocycles. The summed E-state index contributed by atoms with van der Waals surface area (Å²) in [7, 11) is 1.52. The number of nitrogens with zero attached hydrogens (tertiary/aromatic N) is 4. The van der Waals surface area contributed by atoms with Crippen LogP contribution in [0.5, 0.6) is 0 Å². The zero-order valence-corrected chi connectivity index (χ0v) is 60.7. The quantitative estimate of drug-likeness (QED) is 0.0228. The third-order valence-electron chi connectivity index (χ3n) is 16.9. The first-order valence-corrected chi connectivity index (χ1v) is 35.8. The molecule has 0 aliphatic carbocycles. The maximum absolute atomic E-state index is 14.7. The Hall–Kier alpha value is -10.3. The number of amides is 12. The van der Waals surface area contributed by atoms with Gasteiger partial charge in [0.15, 0.2) is 0 Å². The molecule has 1 aliphatic heterocycles. The van der Waals surface area contributed by atoms with Gasteiger partial charge < -0.3 is 102 Å². The fourth-order valence-electron chi connectivity index (χ4n) is 11.3. The number of aromatic nitrogens is 3. The molecule has 22 N–H and O–H groups in total. The molecule has 5 aromatic rings. The Morgan fingerprint density at radius 3 is 1.86 bits per heavy atom. The van der Waals surface area contributed by atoms with Crippen molar-refractivity contribution < 1.29 is 72.9 Å². The number of nitrogens with two attached hydrogens (primary N) is 4. The second kappa shape index (κ2) is 42.6. The molecule has 3 heterocycles. The Bertz CT molecular complexity index is 3870. The van der Waals surface area contributed by atoms with Crippen LogP contribution in [-0.4, -0.2) is 232 Å². The van der Waals surface area contributed by atoms with Gasteiger partial charge in [0, 0.05) is 60.9 Å². The number of nitrogens with one attached hydrogen (secondary N) is 11. The first-order valence-electron chi connectivity index (χ1n) is 35.0. The van der Waals surface area contributed by atoms with E-state index in [-0.39, 0.29) is 89.6 Å². The number of pyridine rings is 1. The van der Waals surface area contributed by atoms with Crippen molar-refractivity contribution in [2.24, 2.45) is 28.9 Å². The first-order chi connectivity index (χ1) is 50.7. The van der Waals surface area contributed by atoms with Crippen LogP contribution in [-0.2, 0) is 54.4 Å². The molecular formula is C71H99N19O15S. The van der Waals surface area contributed by atoms with Crippen molar-refractivity contribution in [3.63, 3.8) is 0 Å². The Balaban J connectivity index is 1.26. The summed E-state index contributed by atoms with van der Waals surface area (Å²) in [5.74, 6) is -10.2. The van der Waals surface area contributed by atoms with Gasteiger partial charge in [0.2, 0.25) is 59.1 Å². The van der Waals surface area contributed by atoms with E-state index in [0.29, 0.717) is 43.2 Å². The maximum Gasteiger partial charge on any atom is 0.345 e. The molecule has 0 spiro atoms. The molecule has 1 aliphatic rings. The summed E-state index contributed by atoms with van der Waals surface area (Å²) in [6.45, 7) is 3.40. The van der Waals surface area contributed by atoms with Crippen LogP contribution in [0.25, 0.3) is 23.1 Å². The van der Waals surface area contributed by atoms with Crippen molar-refractivity contribution in [3.05, 3.63) is 120 Å². The summed E-state index contributed by atoms with van der Waals surface area (Å²) in [5.41, 5.74) is 26.0. The Kier molecular flexibility index (Phi) is 34.0. The zero-order chi connectivity index (χ0) is 77.6. The largest absolute Gasteiger partial charge is 0.395 e. The summed E-state index contributed by atoms with van der Waals surface area (Å²) in [4.78, 5) is 177. The first kappa shape index (κ1) is 84.7. The van der Waals surface area contributed by atoms with Crippen molar-refractivity contribution in [1.29, 1.82) is 0 Å². The third kappa shape index (κ3) is 25.2. The Labute approximate surface area is 617 Å². The highest BCUT2D eigenvalue weighted by atomic mass is 32.2. The number of benzene rings is 3. The summed E-state index contributed by atoms with van der Waals surface area (Å²) in [5, 5.41) is 65.5. The van der Waals surface area contributed by atoms with Crippen molar-refractivity contribution in [1.82, 2.24) is 78.1 Å². The number of carbonyl (C=O) groups excluding carboxylic acids is 12. The molecule has 1 saturated heterocycles. The zero-order valence-electron chi connectivity index (χ0n) is 59.9. The SMILES string of the molecule is CNC(=O)c1ccccc1Sc1ccc2c(/C=C/c3ccccn3)nn(C(=O)N(CCO)CCC(=O)N[C@H](C(=O)N[C@H](CCN)C(=O)N[C@H]3CCNC(=O)[C@@H]([C@@H](C)O)NC(=O)[C@@H](CCN)NC(=O)[C@@H](CCN)NC(=O)[C@@H](CC(C)C)NC(=O)[C@@H](Cc4ccccc4)NC(=O)[C@@H](CCN)NC3=O)[C@@H](C)O)c2c1. The van der Waals surface area contributed by atoms with Gasteiger partial charge in [0.05, 0.1) is 41.3 Å². The molecule has 1 fully saturated rings. The van der Waals surface area contributed by atoms with Crippen LogP contribution in [0.1, 0.15) is 99.9 Å². The highest BCUT2D eigenvalue weighted by molar-refractivity contribution is 7.99. The molecule has 574 valence electrons. The third-order valence-corrected chi connectivity index (χ3v) is 18.0. The standard InChI is InChI=1S/C71H99N19O15S/c1-40(2)37-54-67(101)81-49(22-28-72)62(96)80-52(25-31-75)66(100)87-59(41(3)92)69(103)78-33-26-53(65(99)79-50(23-29-73)64(98)85-55(68(102)84-54)38-43-13-7-6-8-14-43)82-63(97)51(24-30-74)83-70(104)60(42(4)93)86-58(94)27-34-89(35-36-91)71(105)90-56-39-45(106-57-17-10-9-16-47(57)61(95)76-5)19-20-46(56)48(88-90)21-18-44-15-11-12-32-77-44/h6-21,32,39-42,49-55,59-60,91-93H,22-31,33-38,72-75H2,1-5H3,(H,76,95)(H,78,103)(H,79,99)(H,80,96)(H,81,101)(H,82,97)(H,83,104)(H,84,102)(H,85,98)(H,86,94)(H,87,100)/b21-18+/t41-,42-,49-,50-,51-,52-,53+,54-,55-,59-,60+/m1/s1. The van der Waals surface area contributed by atoms with Gasteiger partial charge in [0.1, 0.15) is 54.4 Å². The monoisotopic (exact) mass is 1490 g/mol. The van der Waals surface area contributed by atoms with Gasteiger partial charge in [-0.2, -0.15) is 9.78 Å². The molecule has 106 heavy (non-hydrogen) atoms. The lowest BCUT2D eigenvalue weighted by molar-refractivity contribution is -0.136. The number of carbonyl (C=O) groups is 12. The fourth-order valence-corrected chi connectivity index (χ4v) is 12.3. The van der Waals surface area contributed by atoms with Gasteiger partial charge >= 0.3 is 6.03 Å². The summed E-state index contributed by atoms with van der Waals surface area (Å²) in [6, 6.07) is 11.3. The Morgan fingerprint density at radius 2 is 1.26 bits per heavy atom. The highest BCUT2D eigenvalue weighted by Gasteiger charge is 2.38. The van der Waals surface area contributed by atoms with E-state index >= 15 is 0 Å². The number of aliphatic hydroxyl groups is 3. The molecule has 0 bridgehead atoms. The molecule has 0 unspecified atom stereocenters. The molecule has 35 heteroatoms. The molecule has 12 amide bonds. The van der Waals surface area contributed by atoms with Crippen molar-refractivity contribution in [2.45, 2.75) is 155 Å². The van der Waals surface area contributed by atoms with Crippen LogP contribution in [0.15, 0.2) is 107 Å². The minimum absolute atomic E-state index is 0.0240. The van der Waals surface area contributed by atoms with Crippen LogP contribution < -0.4 is 81.4 Å². The lowest BCUT2D eigenvalue weighted by Gasteiger charge is -2.28. The van der Waals surface area contributed by atoms with E-state index in [4.69, 9.17) is 22.9 Å². The fraction of sp³-hybridized carbons (Fsp3) is 0.465. The normalized spacial score (nSPS) is 20.1. The van der Waals surface area contributed by atoms with Crippen LogP contribution in [0.2, 0.25) is 0 Å². The van der Waals surface area contributed by atoms with Crippen LogP contribution in [0.3, 0.4) is 0 Å². The molecule has 0 saturated carbocycles.